The molecule has 1 aliphatic carbocycles. The molecule has 1 unspecified atom stereocenters. The van der Waals surface area contributed by atoms with Crippen LogP contribution in [0.3, 0.4) is 0 Å². The zero-order valence-corrected chi connectivity index (χ0v) is 9.70. The molecule has 1 rings (SSSR count). The van der Waals surface area contributed by atoms with E-state index in [4.69, 9.17) is 5.26 Å². The van der Waals surface area contributed by atoms with Crippen LogP contribution in [0.1, 0.15) is 45.4 Å². The second kappa shape index (κ2) is 5.75. The second-order valence-electron chi connectivity index (χ2n) is 4.44. The lowest BCUT2D eigenvalue weighted by Gasteiger charge is -2.24. The van der Waals surface area contributed by atoms with Gasteiger partial charge in [-0.25, -0.2) is 0 Å². The molecule has 0 aromatic rings. The number of rotatable bonds is 2. The van der Waals surface area contributed by atoms with Gasteiger partial charge in [0.25, 0.3) is 0 Å². The molecule has 3 nitrogen and oxygen atoms in total. The van der Waals surface area contributed by atoms with Crippen LogP contribution < -0.4 is 0 Å². The van der Waals surface area contributed by atoms with E-state index in [1.807, 2.05) is 0 Å². The molecule has 0 aromatic heterocycles. The van der Waals surface area contributed by atoms with Gasteiger partial charge in [-0.3, -0.25) is 4.79 Å². The Hall–Kier alpha value is -1.04. The molecule has 1 atom stereocenters. The SMILES string of the molecule is CC(C#N)N(C)C(=O)C1CCCCCC1. The Balaban J connectivity index is 2.54. The third kappa shape index (κ3) is 3.23. The molecule has 0 heterocycles. The lowest BCUT2D eigenvalue weighted by atomic mass is 9.98. The smallest absolute Gasteiger partial charge is 0.226 e. The van der Waals surface area contributed by atoms with Crippen molar-refractivity contribution in [1.82, 2.24) is 4.90 Å². The summed E-state index contributed by atoms with van der Waals surface area (Å²) >= 11 is 0. The van der Waals surface area contributed by atoms with Gasteiger partial charge in [0, 0.05) is 13.0 Å². The van der Waals surface area contributed by atoms with Crippen LogP contribution in [0.2, 0.25) is 0 Å². The fourth-order valence-electron chi connectivity index (χ4n) is 2.09. The lowest BCUT2D eigenvalue weighted by Crippen LogP contribution is -2.38. The number of hydrogen-bond donors (Lipinski definition) is 0. The molecule has 0 bridgehead atoms. The van der Waals surface area contributed by atoms with Crippen LogP contribution in [-0.2, 0) is 4.79 Å². The standard InChI is InChI=1S/C12H20N2O/c1-10(9-13)14(2)12(15)11-7-5-3-4-6-8-11/h10-11H,3-8H2,1-2H3. The van der Waals surface area contributed by atoms with E-state index in [-0.39, 0.29) is 17.9 Å². The highest BCUT2D eigenvalue weighted by atomic mass is 16.2. The van der Waals surface area contributed by atoms with Gasteiger partial charge in [-0.15, -0.1) is 0 Å². The van der Waals surface area contributed by atoms with Crippen molar-refractivity contribution in [3.05, 3.63) is 0 Å². The molecule has 0 radical (unpaired) electrons. The van der Waals surface area contributed by atoms with E-state index in [1.165, 1.54) is 12.8 Å². The van der Waals surface area contributed by atoms with Crippen molar-refractivity contribution in [3.63, 3.8) is 0 Å². The average molecular weight is 208 g/mol. The zero-order valence-electron chi connectivity index (χ0n) is 9.70. The summed E-state index contributed by atoms with van der Waals surface area (Å²) in [5.41, 5.74) is 0. The van der Waals surface area contributed by atoms with Crippen molar-refractivity contribution in [2.75, 3.05) is 7.05 Å². The molecular formula is C12H20N2O. The third-order valence-corrected chi connectivity index (χ3v) is 3.32. The van der Waals surface area contributed by atoms with Gasteiger partial charge in [0.1, 0.15) is 6.04 Å². The molecule has 0 saturated heterocycles. The normalized spacial score (nSPS) is 20.1. The summed E-state index contributed by atoms with van der Waals surface area (Å²) in [6.07, 6.45) is 6.82. The first kappa shape index (κ1) is 12.0. The Morgan fingerprint density at radius 3 is 2.33 bits per heavy atom. The number of nitriles is 1. The zero-order chi connectivity index (χ0) is 11.3. The van der Waals surface area contributed by atoms with Crippen molar-refractivity contribution in [1.29, 1.82) is 5.26 Å². The Labute approximate surface area is 92.1 Å². The Morgan fingerprint density at radius 2 is 1.87 bits per heavy atom. The van der Waals surface area contributed by atoms with Crippen LogP contribution >= 0.6 is 0 Å². The van der Waals surface area contributed by atoms with Gasteiger partial charge >= 0.3 is 0 Å². The monoisotopic (exact) mass is 208 g/mol. The van der Waals surface area contributed by atoms with Crippen molar-refractivity contribution in [3.8, 4) is 6.07 Å². The van der Waals surface area contributed by atoms with Gasteiger partial charge in [-0.1, -0.05) is 25.7 Å². The topological polar surface area (TPSA) is 44.1 Å². The fourth-order valence-corrected chi connectivity index (χ4v) is 2.09. The first-order chi connectivity index (χ1) is 7.16. The van der Waals surface area contributed by atoms with Gasteiger partial charge in [-0.2, -0.15) is 5.26 Å². The molecule has 0 N–H and O–H groups in total. The van der Waals surface area contributed by atoms with Crippen LogP contribution in [0.5, 0.6) is 0 Å². The van der Waals surface area contributed by atoms with Gasteiger partial charge in [0.15, 0.2) is 0 Å². The van der Waals surface area contributed by atoms with Crippen LogP contribution in [0.4, 0.5) is 0 Å². The summed E-state index contributed by atoms with van der Waals surface area (Å²) in [5, 5.41) is 8.76. The van der Waals surface area contributed by atoms with Gasteiger partial charge in [0.05, 0.1) is 6.07 Å². The lowest BCUT2D eigenvalue weighted by molar-refractivity contribution is -0.135. The third-order valence-electron chi connectivity index (χ3n) is 3.32. The molecule has 0 aromatic carbocycles. The maximum Gasteiger partial charge on any atom is 0.226 e. The minimum absolute atomic E-state index is 0.158. The van der Waals surface area contributed by atoms with Crippen LogP contribution in [-0.4, -0.2) is 23.9 Å². The molecule has 3 heteroatoms. The summed E-state index contributed by atoms with van der Waals surface area (Å²) in [6, 6.07) is 1.80. The highest BCUT2D eigenvalue weighted by Crippen LogP contribution is 2.24. The van der Waals surface area contributed by atoms with Crippen molar-refractivity contribution in [2.24, 2.45) is 5.92 Å². The van der Waals surface area contributed by atoms with Crippen molar-refractivity contribution < 1.29 is 4.79 Å². The number of carbonyl (C=O) groups is 1. The first-order valence-corrected chi connectivity index (χ1v) is 5.83. The van der Waals surface area contributed by atoms with Crippen LogP contribution in [0.25, 0.3) is 0 Å². The minimum Gasteiger partial charge on any atom is -0.330 e. The number of hydrogen-bond acceptors (Lipinski definition) is 2. The molecule has 1 amide bonds. The van der Waals surface area contributed by atoms with Gasteiger partial charge < -0.3 is 4.90 Å². The quantitative estimate of drug-likeness (QED) is 0.654. The molecule has 1 fully saturated rings. The van der Waals surface area contributed by atoms with E-state index in [0.717, 1.165) is 25.7 Å². The minimum atomic E-state index is -0.305. The highest BCUT2D eigenvalue weighted by molar-refractivity contribution is 5.79. The molecule has 1 saturated carbocycles. The van der Waals surface area contributed by atoms with Crippen molar-refractivity contribution >= 4 is 5.91 Å². The van der Waals surface area contributed by atoms with Crippen LogP contribution in [0, 0.1) is 17.2 Å². The summed E-state index contributed by atoms with van der Waals surface area (Å²) in [7, 11) is 1.74. The maximum absolute atomic E-state index is 12.0. The summed E-state index contributed by atoms with van der Waals surface area (Å²) in [6.45, 7) is 1.77. The Morgan fingerprint density at radius 1 is 1.33 bits per heavy atom. The molecule has 84 valence electrons. The predicted octanol–water partition coefficient (Wildman–Crippen LogP) is 2.33. The number of carbonyl (C=O) groups excluding carboxylic acids is 1. The summed E-state index contributed by atoms with van der Waals surface area (Å²) in [5.74, 6) is 0.319. The molecule has 1 aliphatic rings. The Kier molecular flexibility index (Phi) is 4.61. The summed E-state index contributed by atoms with van der Waals surface area (Å²) in [4.78, 5) is 13.6. The van der Waals surface area contributed by atoms with E-state index in [2.05, 4.69) is 6.07 Å². The van der Waals surface area contributed by atoms with Gasteiger partial charge in [0.2, 0.25) is 5.91 Å². The van der Waals surface area contributed by atoms with E-state index >= 15 is 0 Å². The van der Waals surface area contributed by atoms with E-state index in [0.29, 0.717) is 0 Å². The maximum atomic E-state index is 12.0. The van der Waals surface area contributed by atoms with Crippen molar-refractivity contribution in [2.45, 2.75) is 51.5 Å². The average Bonchev–Trinajstić information content (AvgIpc) is 2.54. The summed E-state index contributed by atoms with van der Waals surface area (Å²) < 4.78 is 0. The molecule has 0 spiro atoms. The fraction of sp³-hybridized carbons (Fsp3) is 0.833. The molecule has 15 heavy (non-hydrogen) atoms. The largest absolute Gasteiger partial charge is 0.330 e. The van der Waals surface area contributed by atoms with Crippen LogP contribution in [0.15, 0.2) is 0 Å². The highest BCUT2D eigenvalue weighted by Gasteiger charge is 2.25. The number of amides is 1. The molecular weight excluding hydrogens is 188 g/mol. The van der Waals surface area contributed by atoms with E-state index in [9.17, 15) is 4.79 Å². The predicted molar refractivity (Wildman–Crippen MR) is 59.0 cm³/mol. The number of nitrogens with zero attached hydrogens (tertiary/aromatic N) is 2. The van der Waals surface area contributed by atoms with E-state index in [1.54, 1.807) is 18.9 Å². The van der Waals surface area contributed by atoms with Gasteiger partial charge in [-0.05, 0) is 19.8 Å². The first-order valence-electron chi connectivity index (χ1n) is 5.83. The molecule has 0 aliphatic heterocycles. The second-order valence-corrected chi connectivity index (χ2v) is 4.44. The Bertz CT molecular complexity index is 249. The van der Waals surface area contributed by atoms with E-state index < -0.39 is 0 Å².